The number of rotatable bonds is 5. The van der Waals surface area contributed by atoms with Gasteiger partial charge in [0.1, 0.15) is 5.54 Å². The Morgan fingerprint density at radius 2 is 2.10 bits per heavy atom. The lowest BCUT2D eigenvalue weighted by Gasteiger charge is -2.42. The maximum atomic E-state index is 12.3. The summed E-state index contributed by atoms with van der Waals surface area (Å²) in [5.41, 5.74) is -0.491. The molecule has 1 saturated carbocycles. The van der Waals surface area contributed by atoms with Crippen molar-refractivity contribution in [2.24, 2.45) is 5.92 Å². The van der Waals surface area contributed by atoms with Crippen LogP contribution in [-0.2, 0) is 9.53 Å². The third kappa shape index (κ3) is 2.47. The summed E-state index contributed by atoms with van der Waals surface area (Å²) in [5.74, 6) is 0.359. The molecule has 0 aromatic carbocycles. The number of hydrogen-bond acceptors (Lipinski definition) is 5. The molecule has 5 nitrogen and oxygen atoms in total. The molecule has 2 saturated heterocycles. The maximum absolute atomic E-state index is 12.3. The number of piperazine rings is 1. The van der Waals surface area contributed by atoms with Crippen LogP contribution in [0.25, 0.3) is 0 Å². The second-order valence-electron chi connectivity index (χ2n) is 6.55. The van der Waals surface area contributed by atoms with Crippen LogP contribution in [0.3, 0.4) is 0 Å². The highest BCUT2D eigenvalue weighted by atomic mass is 16.5. The predicted octanol–water partition coefficient (Wildman–Crippen LogP) is 0.308. The molecular weight excluding hydrogens is 254 g/mol. The van der Waals surface area contributed by atoms with Crippen LogP contribution in [0.15, 0.2) is 0 Å². The number of hydrogen-bond donors (Lipinski definition) is 1. The number of carbonyl (C=O) groups is 1. The number of methoxy groups -OCH3 is 1. The molecule has 0 aromatic heterocycles. The van der Waals surface area contributed by atoms with E-state index in [2.05, 4.69) is 15.1 Å². The van der Waals surface area contributed by atoms with Crippen LogP contribution in [0.4, 0.5) is 0 Å². The van der Waals surface area contributed by atoms with E-state index in [1.54, 1.807) is 0 Å². The molecule has 20 heavy (non-hydrogen) atoms. The average Bonchev–Trinajstić information content (AvgIpc) is 3.22. The minimum atomic E-state index is -0.491. The number of carbonyl (C=O) groups excluding carboxylic acids is 1. The van der Waals surface area contributed by atoms with Crippen LogP contribution < -0.4 is 5.32 Å². The van der Waals surface area contributed by atoms with Gasteiger partial charge < -0.3 is 10.1 Å². The first kappa shape index (κ1) is 14.3. The van der Waals surface area contributed by atoms with Crippen molar-refractivity contribution in [2.75, 3.05) is 46.9 Å². The topological polar surface area (TPSA) is 44.8 Å². The van der Waals surface area contributed by atoms with Gasteiger partial charge >= 0.3 is 5.97 Å². The fourth-order valence-electron chi connectivity index (χ4n) is 4.06. The zero-order valence-electron chi connectivity index (χ0n) is 12.7. The smallest absolute Gasteiger partial charge is 0.327 e. The Labute approximate surface area is 121 Å². The van der Waals surface area contributed by atoms with E-state index in [1.807, 2.05) is 7.05 Å². The Morgan fingerprint density at radius 1 is 1.30 bits per heavy atom. The van der Waals surface area contributed by atoms with Crippen molar-refractivity contribution in [3.05, 3.63) is 0 Å². The predicted molar refractivity (Wildman–Crippen MR) is 77.6 cm³/mol. The summed E-state index contributed by atoms with van der Waals surface area (Å²) < 4.78 is 5.10. The van der Waals surface area contributed by atoms with Gasteiger partial charge in [-0.2, -0.15) is 0 Å². The SMILES string of the molecule is CNC(CN1CCN2CCCC2C1)(C(=O)OC)C1CC1. The zero-order valence-corrected chi connectivity index (χ0v) is 12.7. The Kier molecular flexibility index (Phi) is 4.02. The molecule has 2 unspecified atom stereocenters. The lowest BCUT2D eigenvalue weighted by Crippen LogP contribution is -2.63. The summed E-state index contributed by atoms with van der Waals surface area (Å²) in [6.45, 7) is 5.38. The molecule has 0 radical (unpaired) electrons. The van der Waals surface area contributed by atoms with E-state index >= 15 is 0 Å². The van der Waals surface area contributed by atoms with Crippen LogP contribution in [0.2, 0.25) is 0 Å². The van der Waals surface area contributed by atoms with E-state index in [-0.39, 0.29) is 5.97 Å². The van der Waals surface area contributed by atoms with Crippen LogP contribution in [-0.4, -0.2) is 74.2 Å². The van der Waals surface area contributed by atoms with Gasteiger partial charge in [-0.25, -0.2) is 4.79 Å². The van der Waals surface area contributed by atoms with Crippen molar-refractivity contribution in [3.8, 4) is 0 Å². The number of esters is 1. The molecule has 2 heterocycles. The fraction of sp³-hybridized carbons (Fsp3) is 0.933. The summed E-state index contributed by atoms with van der Waals surface area (Å²) in [7, 11) is 3.41. The van der Waals surface area contributed by atoms with E-state index in [0.717, 1.165) is 39.0 Å². The Hall–Kier alpha value is -0.650. The summed E-state index contributed by atoms with van der Waals surface area (Å²) in [6, 6.07) is 0.704. The number of nitrogens with one attached hydrogen (secondary N) is 1. The second-order valence-corrected chi connectivity index (χ2v) is 6.55. The van der Waals surface area contributed by atoms with E-state index in [0.29, 0.717) is 12.0 Å². The van der Waals surface area contributed by atoms with Gasteiger partial charge in [0.05, 0.1) is 7.11 Å². The molecule has 3 fully saturated rings. The average molecular weight is 281 g/mol. The van der Waals surface area contributed by atoms with Gasteiger partial charge in [0.25, 0.3) is 0 Å². The lowest BCUT2D eigenvalue weighted by atomic mass is 9.91. The summed E-state index contributed by atoms with van der Waals surface area (Å²) >= 11 is 0. The quantitative estimate of drug-likeness (QED) is 0.735. The third-order valence-electron chi connectivity index (χ3n) is 5.41. The van der Waals surface area contributed by atoms with Crippen LogP contribution in [0.1, 0.15) is 25.7 Å². The van der Waals surface area contributed by atoms with E-state index < -0.39 is 5.54 Å². The van der Waals surface area contributed by atoms with Crippen molar-refractivity contribution in [1.29, 1.82) is 0 Å². The van der Waals surface area contributed by atoms with Crippen molar-refractivity contribution in [2.45, 2.75) is 37.3 Å². The molecule has 0 amide bonds. The standard InChI is InChI=1S/C15H27N3O2/c1-16-15(12-5-6-12,14(19)20-2)11-17-8-9-18-7-3-4-13(18)10-17/h12-13,16H,3-11H2,1-2H3. The molecule has 2 aliphatic heterocycles. The molecule has 2 atom stereocenters. The van der Waals surface area contributed by atoms with Crippen molar-refractivity contribution in [1.82, 2.24) is 15.1 Å². The largest absolute Gasteiger partial charge is 0.468 e. The first-order chi connectivity index (χ1) is 9.69. The zero-order chi connectivity index (χ0) is 14.2. The van der Waals surface area contributed by atoms with Gasteiger partial charge in [0.2, 0.25) is 0 Å². The first-order valence-corrected chi connectivity index (χ1v) is 7.93. The van der Waals surface area contributed by atoms with Crippen LogP contribution in [0.5, 0.6) is 0 Å². The normalized spacial score (nSPS) is 30.8. The Morgan fingerprint density at radius 3 is 2.75 bits per heavy atom. The minimum Gasteiger partial charge on any atom is -0.468 e. The summed E-state index contributed by atoms with van der Waals surface area (Å²) in [5, 5.41) is 3.31. The van der Waals surface area contributed by atoms with Gasteiger partial charge in [-0.15, -0.1) is 0 Å². The van der Waals surface area contributed by atoms with Crippen molar-refractivity contribution >= 4 is 5.97 Å². The highest BCUT2D eigenvalue weighted by Gasteiger charge is 2.52. The Bertz CT molecular complexity index is 372. The number of nitrogens with zero attached hydrogens (tertiary/aromatic N) is 2. The summed E-state index contributed by atoms with van der Waals surface area (Å²) in [6.07, 6.45) is 4.92. The molecule has 0 spiro atoms. The number of fused-ring (bicyclic) bond motifs is 1. The highest BCUT2D eigenvalue weighted by Crippen LogP contribution is 2.41. The second kappa shape index (κ2) is 5.62. The highest BCUT2D eigenvalue weighted by molar-refractivity contribution is 5.82. The number of likely N-dealkylation sites (N-methyl/N-ethyl adjacent to an activating group) is 1. The minimum absolute atomic E-state index is 0.0867. The monoisotopic (exact) mass is 281 g/mol. The molecule has 3 rings (SSSR count). The van der Waals surface area contributed by atoms with E-state index in [4.69, 9.17) is 4.74 Å². The molecule has 0 aromatic rings. The summed E-state index contributed by atoms with van der Waals surface area (Å²) in [4.78, 5) is 17.4. The van der Waals surface area contributed by atoms with Crippen molar-refractivity contribution < 1.29 is 9.53 Å². The van der Waals surface area contributed by atoms with E-state index in [1.165, 1.54) is 26.5 Å². The molecule has 5 heteroatoms. The first-order valence-electron chi connectivity index (χ1n) is 7.93. The van der Waals surface area contributed by atoms with Crippen LogP contribution in [0, 0.1) is 5.92 Å². The molecule has 3 aliphatic rings. The van der Waals surface area contributed by atoms with Gasteiger partial charge in [0.15, 0.2) is 0 Å². The molecule has 1 N–H and O–H groups in total. The number of ether oxygens (including phenoxy) is 1. The molecule has 0 bridgehead atoms. The van der Waals surface area contributed by atoms with Gasteiger partial charge in [-0.05, 0) is 45.2 Å². The van der Waals surface area contributed by atoms with Crippen LogP contribution >= 0.6 is 0 Å². The molecular formula is C15H27N3O2. The Balaban J connectivity index is 1.68. The van der Waals surface area contributed by atoms with Crippen molar-refractivity contribution in [3.63, 3.8) is 0 Å². The van der Waals surface area contributed by atoms with Gasteiger partial charge in [0, 0.05) is 32.2 Å². The van der Waals surface area contributed by atoms with Gasteiger partial charge in [-0.1, -0.05) is 0 Å². The molecule has 1 aliphatic carbocycles. The third-order valence-corrected chi connectivity index (χ3v) is 5.41. The lowest BCUT2D eigenvalue weighted by molar-refractivity contribution is -0.150. The van der Waals surface area contributed by atoms with E-state index in [9.17, 15) is 4.79 Å². The molecule has 114 valence electrons. The maximum Gasteiger partial charge on any atom is 0.327 e. The van der Waals surface area contributed by atoms with Gasteiger partial charge in [-0.3, -0.25) is 9.80 Å². The fourth-order valence-corrected chi connectivity index (χ4v) is 4.06.